The Morgan fingerprint density at radius 1 is 1.15 bits per heavy atom. The molecule has 0 fully saturated rings. The molecule has 4 aromatic rings. The average Bonchev–Trinajstić information content (AvgIpc) is 3.14. The number of fused-ring (bicyclic) bond motifs is 2. The number of anilines is 1. The van der Waals surface area contributed by atoms with Crippen molar-refractivity contribution in [3.63, 3.8) is 0 Å². The molecule has 2 aromatic heterocycles. The minimum Gasteiger partial charge on any atom is -0.324 e. The zero-order valence-corrected chi connectivity index (χ0v) is 14.0. The molecule has 0 atom stereocenters. The van der Waals surface area contributed by atoms with Crippen LogP contribution in [0.2, 0.25) is 0 Å². The molecule has 0 saturated carbocycles. The maximum absolute atomic E-state index is 12.4. The smallest absolute Gasteiger partial charge is 0.261 e. The highest BCUT2D eigenvalue weighted by Crippen LogP contribution is 2.20. The van der Waals surface area contributed by atoms with Gasteiger partial charge < -0.3 is 5.32 Å². The summed E-state index contributed by atoms with van der Waals surface area (Å²) in [7, 11) is 0. The summed E-state index contributed by atoms with van der Waals surface area (Å²) in [6, 6.07) is 12.9. The Morgan fingerprint density at radius 2 is 2.04 bits per heavy atom. The van der Waals surface area contributed by atoms with E-state index in [1.165, 1.54) is 6.33 Å². The summed E-state index contributed by atoms with van der Waals surface area (Å²) in [5, 5.41) is 11.3. The van der Waals surface area contributed by atoms with Gasteiger partial charge in [0, 0.05) is 18.4 Å². The number of hydrogen-bond donors (Lipinski definition) is 2. The fourth-order valence-electron chi connectivity index (χ4n) is 2.96. The lowest BCUT2D eigenvalue weighted by atomic mass is 10.2. The topological polar surface area (TPSA) is 92.7 Å². The van der Waals surface area contributed by atoms with Crippen LogP contribution in [0.1, 0.15) is 12.8 Å². The SMILES string of the molecule is O=C(CCCn1cnc2ccccc2c1=O)Nc1cccc2cn[nH]c12. The average molecular weight is 347 g/mol. The Morgan fingerprint density at radius 3 is 2.96 bits per heavy atom. The number of benzene rings is 2. The second kappa shape index (κ2) is 6.79. The van der Waals surface area contributed by atoms with E-state index in [9.17, 15) is 9.59 Å². The second-order valence-corrected chi connectivity index (χ2v) is 6.05. The van der Waals surface area contributed by atoms with Gasteiger partial charge in [0.05, 0.1) is 34.6 Å². The first-order valence-corrected chi connectivity index (χ1v) is 8.38. The molecule has 0 saturated heterocycles. The van der Waals surface area contributed by atoms with Gasteiger partial charge in [0.1, 0.15) is 0 Å². The Bertz CT molecular complexity index is 1150. The van der Waals surface area contributed by atoms with Gasteiger partial charge in [-0.1, -0.05) is 24.3 Å². The first-order chi connectivity index (χ1) is 12.7. The highest BCUT2D eigenvalue weighted by Gasteiger charge is 2.08. The Kier molecular flexibility index (Phi) is 4.18. The summed E-state index contributed by atoms with van der Waals surface area (Å²) in [4.78, 5) is 28.9. The molecule has 4 rings (SSSR count). The summed E-state index contributed by atoms with van der Waals surface area (Å²) in [6.45, 7) is 0.443. The van der Waals surface area contributed by atoms with Gasteiger partial charge in [-0.25, -0.2) is 4.98 Å². The molecule has 7 nitrogen and oxygen atoms in total. The number of nitrogens with one attached hydrogen (secondary N) is 2. The summed E-state index contributed by atoms with van der Waals surface area (Å²) < 4.78 is 1.55. The molecule has 0 bridgehead atoms. The number of carbonyl (C=O) groups excluding carboxylic acids is 1. The molecule has 0 aliphatic heterocycles. The van der Waals surface area contributed by atoms with Crippen LogP contribution in [0.4, 0.5) is 5.69 Å². The van der Waals surface area contributed by atoms with E-state index in [2.05, 4.69) is 20.5 Å². The molecule has 0 spiro atoms. The minimum absolute atomic E-state index is 0.0850. The molecule has 7 heteroatoms. The highest BCUT2D eigenvalue weighted by atomic mass is 16.1. The highest BCUT2D eigenvalue weighted by molar-refractivity contribution is 6.00. The van der Waals surface area contributed by atoms with E-state index in [0.717, 1.165) is 10.9 Å². The van der Waals surface area contributed by atoms with Crippen molar-refractivity contribution in [1.82, 2.24) is 19.7 Å². The van der Waals surface area contributed by atoms with Crippen LogP contribution >= 0.6 is 0 Å². The van der Waals surface area contributed by atoms with Crippen molar-refractivity contribution in [2.24, 2.45) is 0 Å². The number of rotatable bonds is 5. The fraction of sp³-hybridized carbons (Fsp3) is 0.158. The fourth-order valence-corrected chi connectivity index (χ4v) is 2.96. The number of hydrogen-bond acceptors (Lipinski definition) is 4. The van der Waals surface area contributed by atoms with Crippen LogP contribution in [0.15, 0.2) is 59.8 Å². The van der Waals surface area contributed by atoms with E-state index in [0.29, 0.717) is 36.0 Å². The van der Waals surface area contributed by atoms with Crippen LogP contribution in [0.25, 0.3) is 21.8 Å². The first kappa shape index (κ1) is 16.0. The van der Waals surface area contributed by atoms with Crippen molar-refractivity contribution in [3.05, 3.63) is 65.3 Å². The molecule has 0 aliphatic rings. The lowest BCUT2D eigenvalue weighted by Gasteiger charge is -2.08. The van der Waals surface area contributed by atoms with Crippen LogP contribution in [-0.4, -0.2) is 25.7 Å². The van der Waals surface area contributed by atoms with Gasteiger partial charge in [-0.3, -0.25) is 19.3 Å². The molecule has 0 aliphatic carbocycles. The van der Waals surface area contributed by atoms with Gasteiger partial charge in [-0.15, -0.1) is 0 Å². The molecule has 26 heavy (non-hydrogen) atoms. The molecule has 2 N–H and O–H groups in total. The molecule has 130 valence electrons. The number of amides is 1. The van der Waals surface area contributed by atoms with Crippen molar-refractivity contribution >= 4 is 33.4 Å². The van der Waals surface area contributed by atoms with Crippen molar-refractivity contribution in [1.29, 1.82) is 0 Å². The number of aryl methyl sites for hydroxylation is 1. The van der Waals surface area contributed by atoms with E-state index in [1.54, 1.807) is 16.8 Å². The van der Waals surface area contributed by atoms with Crippen molar-refractivity contribution in [2.75, 3.05) is 5.32 Å². The van der Waals surface area contributed by atoms with E-state index in [4.69, 9.17) is 0 Å². The van der Waals surface area contributed by atoms with Gasteiger partial charge in [0.15, 0.2) is 0 Å². The van der Waals surface area contributed by atoms with Crippen LogP contribution < -0.4 is 10.9 Å². The molecule has 2 aromatic carbocycles. The third-order valence-corrected chi connectivity index (χ3v) is 4.29. The summed E-state index contributed by atoms with van der Waals surface area (Å²) in [5.74, 6) is -0.103. The summed E-state index contributed by atoms with van der Waals surface area (Å²) in [5.41, 5.74) is 2.10. The maximum atomic E-state index is 12.4. The van der Waals surface area contributed by atoms with E-state index < -0.39 is 0 Å². The normalized spacial score (nSPS) is 11.1. The summed E-state index contributed by atoms with van der Waals surface area (Å²) >= 11 is 0. The Labute approximate surface area is 148 Å². The summed E-state index contributed by atoms with van der Waals surface area (Å²) in [6.07, 6.45) is 4.10. The first-order valence-electron chi connectivity index (χ1n) is 8.38. The lowest BCUT2D eigenvalue weighted by Crippen LogP contribution is -2.21. The molecule has 2 heterocycles. The number of aromatic amines is 1. The van der Waals surface area contributed by atoms with Crippen molar-refractivity contribution in [3.8, 4) is 0 Å². The van der Waals surface area contributed by atoms with Crippen LogP contribution in [0.3, 0.4) is 0 Å². The predicted molar refractivity (Wildman–Crippen MR) is 100.0 cm³/mol. The Hall–Kier alpha value is -3.48. The number of para-hydroxylation sites is 2. The van der Waals surface area contributed by atoms with Gasteiger partial charge in [0.25, 0.3) is 5.56 Å². The molecule has 0 unspecified atom stereocenters. The standard InChI is InChI=1S/C19H17N5O2/c25-17(22-16-8-3-5-13-11-21-23-18(13)16)9-4-10-24-12-20-15-7-2-1-6-14(15)19(24)26/h1-3,5-8,11-12H,4,9-10H2,(H,21,23)(H,22,25). The zero-order chi connectivity index (χ0) is 17.9. The number of aromatic nitrogens is 4. The van der Waals surface area contributed by atoms with Gasteiger partial charge >= 0.3 is 0 Å². The van der Waals surface area contributed by atoms with Gasteiger partial charge in [0.2, 0.25) is 5.91 Å². The number of carbonyl (C=O) groups is 1. The van der Waals surface area contributed by atoms with Crippen LogP contribution in [0, 0.1) is 0 Å². The molecular weight excluding hydrogens is 330 g/mol. The quantitative estimate of drug-likeness (QED) is 0.580. The second-order valence-electron chi connectivity index (χ2n) is 6.05. The largest absolute Gasteiger partial charge is 0.324 e. The number of nitrogens with zero attached hydrogens (tertiary/aromatic N) is 3. The Balaban J connectivity index is 1.40. The van der Waals surface area contributed by atoms with E-state index in [-0.39, 0.29) is 11.5 Å². The van der Waals surface area contributed by atoms with Crippen molar-refractivity contribution < 1.29 is 4.79 Å². The molecule has 0 radical (unpaired) electrons. The van der Waals surface area contributed by atoms with Crippen LogP contribution in [0.5, 0.6) is 0 Å². The third kappa shape index (κ3) is 3.06. The monoisotopic (exact) mass is 347 g/mol. The van der Waals surface area contributed by atoms with Crippen LogP contribution in [-0.2, 0) is 11.3 Å². The lowest BCUT2D eigenvalue weighted by molar-refractivity contribution is -0.116. The number of H-pyrrole nitrogens is 1. The molecular formula is C19H17N5O2. The third-order valence-electron chi connectivity index (χ3n) is 4.29. The van der Waals surface area contributed by atoms with E-state index >= 15 is 0 Å². The predicted octanol–water partition coefficient (Wildman–Crippen LogP) is 2.69. The maximum Gasteiger partial charge on any atom is 0.261 e. The van der Waals surface area contributed by atoms with Gasteiger partial charge in [-0.05, 0) is 24.6 Å². The van der Waals surface area contributed by atoms with E-state index in [1.807, 2.05) is 36.4 Å². The van der Waals surface area contributed by atoms with Gasteiger partial charge in [-0.2, -0.15) is 5.10 Å². The van der Waals surface area contributed by atoms with Crippen molar-refractivity contribution in [2.45, 2.75) is 19.4 Å². The zero-order valence-electron chi connectivity index (χ0n) is 14.0. The molecule has 1 amide bonds. The minimum atomic E-state index is -0.103.